The quantitative estimate of drug-likeness (QED) is 0.146. The number of methoxy groups -OCH3 is 1. The lowest BCUT2D eigenvalue weighted by molar-refractivity contribution is -0.302. The highest BCUT2D eigenvalue weighted by atomic mass is 16.7. The van der Waals surface area contributed by atoms with E-state index in [9.17, 15) is 25.2 Å². The molecule has 0 radical (unpaired) electrons. The molecule has 0 bridgehead atoms. The molecule has 0 aromatic heterocycles. The molecule has 5 N–H and O–H groups in total. The van der Waals surface area contributed by atoms with Gasteiger partial charge in [0.1, 0.15) is 24.4 Å². The Hall–Kier alpha value is -0.810. The van der Waals surface area contributed by atoms with Gasteiger partial charge in [0.25, 0.3) is 0 Å². The van der Waals surface area contributed by atoms with Crippen molar-refractivity contribution in [2.45, 2.75) is 147 Å². The largest absolute Gasteiger partial charge is 0.394 e. The van der Waals surface area contributed by atoms with Crippen LogP contribution in [0.25, 0.3) is 0 Å². The number of hydrogen-bond acceptors (Lipinski definition) is 8. The summed E-state index contributed by atoms with van der Waals surface area (Å²) in [7, 11) is 1.59. The van der Waals surface area contributed by atoms with Crippen molar-refractivity contribution in [3.63, 3.8) is 0 Å². The topological polar surface area (TPSA) is 138 Å². The fourth-order valence-corrected chi connectivity index (χ4v) is 4.75. The van der Waals surface area contributed by atoms with E-state index in [4.69, 9.17) is 14.2 Å². The number of ether oxygens (including phenoxy) is 3. The van der Waals surface area contributed by atoms with Crippen LogP contribution >= 0.6 is 0 Å². The lowest BCUT2D eigenvalue weighted by Gasteiger charge is -2.40. The van der Waals surface area contributed by atoms with Gasteiger partial charge in [0.2, 0.25) is 5.91 Å². The van der Waals surface area contributed by atoms with Gasteiger partial charge in [-0.1, -0.05) is 90.4 Å². The van der Waals surface area contributed by atoms with Crippen molar-refractivity contribution >= 4 is 5.91 Å². The molecule has 1 heterocycles. The Balaban J connectivity index is 2.32. The first kappa shape index (κ1) is 33.2. The fourth-order valence-electron chi connectivity index (χ4n) is 4.75. The van der Waals surface area contributed by atoms with Crippen LogP contribution < -0.4 is 5.32 Å². The van der Waals surface area contributed by atoms with E-state index in [2.05, 4.69) is 12.2 Å². The Bertz CT molecular complexity index is 550. The first-order valence-electron chi connectivity index (χ1n) is 14.1. The summed E-state index contributed by atoms with van der Waals surface area (Å²) in [5.74, 6) is -0.232. The van der Waals surface area contributed by atoms with Crippen LogP contribution in [0.2, 0.25) is 0 Å². The number of amides is 1. The van der Waals surface area contributed by atoms with Gasteiger partial charge in [0, 0.05) is 14.0 Å². The van der Waals surface area contributed by atoms with Gasteiger partial charge in [0.05, 0.1) is 25.4 Å². The lowest BCUT2D eigenvalue weighted by Crippen LogP contribution is -2.60. The van der Waals surface area contributed by atoms with Crippen molar-refractivity contribution in [2.75, 3.05) is 20.3 Å². The highest BCUT2D eigenvalue weighted by Crippen LogP contribution is 2.23. The zero-order valence-corrected chi connectivity index (χ0v) is 22.8. The maximum atomic E-state index is 11.8. The minimum atomic E-state index is -1.51. The Morgan fingerprint density at radius 1 is 0.861 bits per heavy atom. The summed E-state index contributed by atoms with van der Waals surface area (Å²) in [6, 6.07) is -0.475. The monoisotopic (exact) mass is 519 g/mol. The third kappa shape index (κ3) is 13.1. The normalized spacial score (nSPS) is 26.0. The van der Waals surface area contributed by atoms with E-state index in [-0.39, 0.29) is 18.6 Å². The van der Waals surface area contributed by atoms with Crippen molar-refractivity contribution in [3.8, 4) is 0 Å². The van der Waals surface area contributed by atoms with Crippen LogP contribution in [-0.2, 0) is 19.0 Å². The summed E-state index contributed by atoms with van der Waals surface area (Å²) in [5, 5.41) is 42.2. The van der Waals surface area contributed by atoms with Gasteiger partial charge in [-0.25, -0.2) is 0 Å². The number of aliphatic hydroxyl groups excluding tert-OH is 4. The van der Waals surface area contributed by atoms with E-state index in [1.807, 2.05) is 0 Å². The van der Waals surface area contributed by atoms with Crippen LogP contribution in [-0.4, -0.2) is 89.5 Å². The van der Waals surface area contributed by atoms with Crippen LogP contribution in [0.3, 0.4) is 0 Å². The molecule has 0 saturated carbocycles. The molecule has 1 saturated heterocycles. The predicted molar refractivity (Wildman–Crippen MR) is 138 cm³/mol. The molecule has 0 aromatic carbocycles. The van der Waals surface area contributed by atoms with E-state index < -0.39 is 43.4 Å². The molecule has 0 aromatic rings. The van der Waals surface area contributed by atoms with Gasteiger partial charge in [-0.05, 0) is 6.42 Å². The first-order valence-corrected chi connectivity index (χ1v) is 14.1. The number of nitrogens with one attached hydrogen (secondary N) is 1. The number of unbranched alkanes of at least 4 members (excludes halogenated alkanes) is 12. The average Bonchev–Trinajstić information content (AvgIpc) is 2.86. The minimum absolute atomic E-state index is 0.0147. The molecule has 1 fully saturated rings. The van der Waals surface area contributed by atoms with Crippen molar-refractivity contribution in [1.82, 2.24) is 5.32 Å². The Kier molecular flexibility index (Phi) is 18.6. The molecule has 36 heavy (non-hydrogen) atoms. The number of carbonyl (C=O) groups excluding carboxylic acids is 1. The number of carbonyl (C=O) groups is 1. The number of hydrogen-bond donors (Lipinski definition) is 5. The maximum absolute atomic E-state index is 11.8. The third-order valence-electron chi connectivity index (χ3n) is 7.02. The summed E-state index contributed by atoms with van der Waals surface area (Å²) in [6.45, 7) is 3.12. The average molecular weight is 520 g/mol. The van der Waals surface area contributed by atoms with Gasteiger partial charge in [-0.3, -0.25) is 4.79 Å². The summed E-state index contributed by atoms with van der Waals surface area (Å²) in [5.41, 5.74) is 0. The van der Waals surface area contributed by atoms with Gasteiger partial charge in [0.15, 0.2) is 6.29 Å². The summed E-state index contributed by atoms with van der Waals surface area (Å²) in [6.07, 6.45) is 10.3. The van der Waals surface area contributed by atoms with Crippen LogP contribution in [0, 0.1) is 0 Å². The highest BCUT2D eigenvalue weighted by molar-refractivity contribution is 5.73. The fraction of sp³-hybridized carbons (Fsp3) is 0.963. The molecule has 0 aliphatic carbocycles. The lowest BCUT2D eigenvalue weighted by atomic mass is 9.99. The van der Waals surface area contributed by atoms with Crippen LogP contribution in [0.5, 0.6) is 0 Å². The predicted octanol–water partition coefficient (Wildman–Crippen LogP) is 2.80. The van der Waals surface area contributed by atoms with E-state index in [1.165, 1.54) is 77.6 Å². The SMILES string of the molecule is CCCCCCCCCCCCCCC[C@H](OC)[C@H](CO[C@@H]1OC(CO)[C@@H](O)C(O)[C@@H]1O)NC(C)=O. The maximum Gasteiger partial charge on any atom is 0.217 e. The van der Waals surface area contributed by atoms with Crippen molar-refractivity contribution < 1.29 is 39.4 Å². The molecular formula is C27H53NO8. The van der Waals surface area contributed by atoms with Gasteiger partial charge < -0.3 is 40.0 Å². The van der Waals surface area contributed by atoms with E-state index in [1.54, 1.807) is 7.11 Å². The first-order chi connectivity index (χ1) is 17.3. The molecule has 1 rings (SSSR count). The van der Waals surface area contributed by atoms with Gasteiger partial charge >= 0.3 is 0 Å². The zero-order valence-electron chi connectivity index (χ0n) is 22.8. The molecule has 1 aliphatic heterocycles. The molecule has 1 amide bonds. The van der Waals surface area contributed by atoms with E-state index in [0.29, 0.717) is 0 Å². The molecule has 9 nitrogen and oxygen atoms in total. The van der Waals surface area contributed by atoms with Crippen LogP contribution in [0.1, 0.15) is 104 Å². The number of aliphatic hydroxyl groups is 4. The second-order valence-corrected chi connectivity index (χ2v) is 10.1. The smallest absolute Gasteiger partial charge is 0.217 e. The Morgan fingerprint density at radius 2 is 1.39 bits per heavy atom. The Labute approximate surface area is 217 Å². The molecule has 9 heteroatoms. The minimum Gasteiger partial charge on any atom is -0.394 e. The second kappa shape index (κ2) is 20.2. The third-order valence-corrected chi connectivity index (χ3v) is 7.02. The zero-order chi connectivity index (χ0) is 26.8. The molecule has 0 spiro atoms. The van der Waals surface area contributed by atoms with Crippen LogP contribution in [0.15, 0.2) is 0 Å². The molecule has 1 aliphatic rings. The standard InChI is InChI=1S/C27H53NO8/c1-4-5-6-7-8-9-10-11-12-13-14-15-16-17-22(34-3)21(28-20(2)30)19-35-27-26(33)25(32)24(31)23(18-29)36-27/h21-27,29,31-33H,4-19H2,1-3H3,(H,28,30)/t21-,22-,23?,24+,25?,26-,27+/m0/s1. The van der Waals surface area contributed by atoms with Crippen molar-refractivity contribution in [3.05, 3.63) is 0 Å². The van der Waals surface area contributed by atoms with Crippen LogP contribution in [0.4, 0.5) is 0 Å². The second-order valence-electron chi connectivity index (χ2n) is 10.1. The van der Waals surface area contributed by atoms with E-state index >= 15 is 0 Å². The molecular weight excluding hydrogens is 466 g/mol. The van der Waals surface area contributed by atoms with Gasteiger partial charge in [-0.15, -0.1) is 0 Å². The molecule has 214 valence electrons. The van der Waals surface area contributed by atoms with E-state index in [0.717, 1.165) is 19.3 Å². The summed E-state index contributed by atoms with van der Waals surface area (Å²) < 4.78 is 16.7. The highest BCUT2D eigenvalue weighted by Gasteiger charge is 2.44. The summed E-state index contributed by atoms with van der Waals surface area (Å²) >= 11 is 0. The van der Waals surface area contributed by atoms with Crippen molar-refractivity contribution in [1.29, 1.82) is 0 Å². The summed E-state index contributed by atoms with van der Waals surface area (Å²) in [4.78, 5) is 11.8. The molecule has 7 atom stereocenters. The molecule has 2 unspecified atom stereocenters. The number of rotatable bonds is 21. The Morgan fingerprint density at radius 3 is 1.86 bits per heavy atom. The van der Waals surface area contributed by atoms with Gasteiger partial charge in [-0.2, -0.15) is 0 Å². The van der Waals surface area contributed by atoms with Crippen molar-refractivity contribution in [2.24, 2.45) is 0 Å².